The summed E-state index contributed by atoms with van der Waals surface area (Å²) in [6.45, 7) is 5.15. The van der Waals surface area contributed by atoms with Gasteiger partial charge in [0.1, 0.15) is 0 Å². The highest BCUT2D eigenvalue weighted by molar-refractivity contribution is 7.89. The third-order valence-electron chi connectivity index (χ3n) is 6.13. The van der Waals surface area contributed by atoms with E-state index in [1.807, 2.05) is 12.1 Å². The summed E-state index contributed by atoms with van der Waals surface area (Å²) in [7, 11) is -3.49. The molecule has 160 valence electrons. The first-order chi connectivity index (χ1) is 14.4. The predicted molar refractivity (Wildman–Crippen MR) is 119 cm³/mol. The van der Waals surface area contributed by atoms with Crippen LogP contribution in [0.15, 0.2) is 59.5 Å². The van der Waals surface area contributed by atoms with Gasteiger partial charge in [0.2, 0.25) is 15.9 Å². The van der Waals surface area contributed by atoms with Crippen LogP contribution < -0.4 is 10.2 Å². The Morgan fingerprint density at radius 3 is 2.20 bits per heavy atom. The summed E-state index contributed by atoms with van der Waals surface area (Å²) >= 11 is 0. The van der Waals surface area contributed by atoms with Gasteiger partial charge in [-0.05, 0) is 61.6 Å². The van der Waals surface area contributed by atoms with Crippen LogP contribution in [0.3, 0.4) is 0 Å². The lowest BCUT2D eigenvalue weighted by atomic mass is 9.97. The molecule has 2 fully saturated rings. The second-order valence-corrected chi connectivity index (χ2v) is 10.3. The van der Waals surface area contributed by atoms with Crippen LogP contribution in [0, 0.1) is 11.8 Å². The number of nitrogens with zero attached hydrogens (tertiary/aromatic N) is 2. The van der Waals surface area contributed by atoms with Crippen LogP contribution in [0.2, 0.25) is 0 Å². The third kappa shape index (κ3) is 4.52. The Hall–Kier alpha value is -2.38. The second kappa shape index (κ2) is 8.78. The van der Waals surface area contributed by atoms with Crippen LogP contribution in [-0.2, 0) is 14.8 Å². The number of hydrogen-bond donors (Lipinski definition) is 1. The number of amides is 1. The predicted octanol–water partition coefficient (Wildman–Crippen LogP) is 3.57. The largest absolute Gasteiger partial charge is 0.371 e. The van der Waals surface area contributed by atoms with E-state index in [0.29, 0.717) is 30.8 Å². The van der Waals surface area contributed by atoms with Gasteiger partial charge < -0.3 is 10.2 Å². The summed E-state index contributed by atoms with van der Waals surface area (Å²) in [6.07, 6.45) is 2.28. The van der Waals surface area contributed by atoms with Crippen molar-refractivity contribution in [3.63, 3.8) is 0 Å². The van der Waals surface area contributed by atoms with Crippen LogP contribution >= 0.6 is 0 Å². The Kier molecular flexibility index (Phi) is 6.11. The first-order valence-electron chi connectivity index (χ1n) is 10.6. The van der Waals surface area contributed by atoms with E-state index in [1.165, 1.54) is 16.4 Å². The molecule has 0 aliphatic carbocycles. The van der Waals surface area contributed by atoms with Gasteiger partial charge in [0, 0.05) is 43.5 Å². The number of anilines is 2. The fourth-order valence-corrected chi connectivity index (χ4v) is 5.76. The van der Waals surface area contributed by atoms with Gasteiger partial charge in [-0.3, -0.25) is 4.79 Å². The molecule has 2 saturated heterocycles. The van der Waals surface area contributed by atoms with E-state index in [9.17, 15) is 13.2 Å². The number of rotatable bonds is 5. The summed E-state index contributed by atoms with van der Waals surface area (Å²) in [5.41, 5.74) is 1.98. The van der Waals surface area contributed by atoms with Gasteiger partial charge in [0.05, 0.1) is 4.90 Å². The summed E-state index contributed by atoms with van der Waals surface area (Å²) < 4.78 is 27.0. The molecule has 2 aromatic rings. The molecule has 0 spiro atoms. The van der Waals surface area contributed by atoms with Crippen molar-refractivity contribution in [2.24, 2.45) is 11.8 Å². The van der Waals surface area contributed by atoms with Crippen LogP contribution in [0.4, 0.5) is 11.4 Å². The molecule has 4 rings (SSSR count). The highest BCUT2D eigenvalue weighted by atomic mass is 32.2. The molecule has 0 radical (unpaired) electrons. The van der Waals surface area contributed by atoms with Gasteiger partial charge in [-0.1, -0.05) is 25.1 Å². The van der Waals surface area contributed by atoms with E-state index >= 15 is 0 Å². The number of piperidine rings is 1. The van der Waals surface area contributed by atoms with E-state index in [4.69, 9.17) is 0 Å². The highest BCUT2D eigenvalue weighted by Crippen LogP contribution is 2.27. The van der Waals surface area contributed by atoms with Crippen molar-refractivity contribution in [1.29, 1.82) is 0 Å². The molecular weight excluding hydrogens is 398 g/mol. The monoisotopic (exact) mass is 427 g/mol. The zero-order valence-electron chi connectivity index (χ0n) is 17.3. The van der Waals surface area contributed by atoms with Crippen LogP contribution in [0.1, 0.15) is 26.2 Å². The molecule has 6 nitrogen and oxygen atoms in total. The Morgan fingerprint density at radius 2 is 1.60 bits per heavy atom. The molecule has 2 aliphatic heterocycles. The zero-order valence-corrected chi connectivity index (χ0v) is 18.1. The van der Waals surface area contributed by atoms with Gasteiger partial charge in [-0.25, -0.2) is 8.42 Å². The minimum absolute atomic E-state index is 0.0331. The van der Waals surface area contributed by atoms with Crippen molar-refractivity contribution in [3.05, 3.63) is 54.6 Å². The fraction of sp³-hybridized carbons (Fsp3) is 0.435. The van der Waals surface area contributed by atoms with E-state index in [0.717, 1.165) is 24.7 Å². The first kappa shape index (κ1) is 20.9. The highest BCUT2D eigenvalue weighted by Gasteiger charge is 2.32. The molecule has 1 N–H and O–H groups in total. The fourth-order valence-electron chi connectivity index (χ4n) is 4.27. The number of nitrogens with one attached hydrogen (secondary N) is 1. The minimum Gasteiger partial charge on any atom is -0.371 e. The van der Waals surface area contributed by atoms with Gasteiger partial charge >= 0.3 is 0 Å². The van der Waals surface area contributed by atoms with Crippen molar-refractivity contribution in [3.8, 4) is 0 Å². The van der Waals surface area contributed by atoms with Gasteiger partial charge in [0.15, 0.2) is 0 Å². The molecule has 0 bridgehead atoms. The molecule has 1 atom stereocenters. The molecule has 1 unspecified atom stereocenters. The molecule has 2 heterocycles. The Bertz CT molecular complexity index is 969. The lowest BCUT2D eigenvalue weighted by Gasteiger charge is -2.30. The van der Waals surface area contributed by atoms with Crippen molar-refractivity contribution < 1.29 is 13.2 Å². The van der Waals surface area contributed by atoms with Gasteiger partial charge in [-0.2, -0.15) is 4.31 Å². The Morgan fingerprint density at radius 1 is 0.933 bits per heavy atom. The molecule has 0 aromatic heterocycles. The Labute approximate surface area is 178 Å². The molecule has 2 aliphatic rings. The smallest absolute Gasteiger partial charge is 0.243 e. The van der Waals surface area contributed by atoms with Crippen molar-refractivity contribution >= 4 is 27.3 Å². The van der Waals surface area contributed by atoms with Crippen molar-refractivity contribution in [2.45, 2.75) is 31.1 Å². The number of hydrogen-bond acceptors (Lipinski definition) is 4. The lowest BCUT2D eigenvalue weighted by Crippen LogP contribution is -2.41. The minimum atomic E-state index is -3.49. The summed E-state index contributed by atoms with van der Waals surface area (Å²) in [5.74, 6) is 0.515. The normalized spacial score (nSPS) is 21.0. The molecule has 7 heteroatoms. The zero-order chi connectivity index (χ0) is 21.1. The number of sulfonamides is 1. The molecule has 0 saturated carbocycles. The van der Waals surface area contributed by atoms with E-state index in [2.05, 4.69) is 29.3 Å². The quantitative estimate of drug-likeness (QED) is 0.792. The maximum Gasteiger partial charge on any atom is 0.243 e. The van der Waals surface area contributed by atoms with Crippen molar-refractivity contribution in [2.75, 3.05) is 36.4 Å². The lowest BCUT2D eigenvalue weighted by molar-refractivity contribution is -0.120. The first-order valence-corrected chi connectivity index (χ1v) is 12.1. The average molecular weight is 428 g/mol. The van der Waals surface area contributed by atoms with E-state index in [-0.39, 0.29) is 11.8 Å². The van der Waals surface area contributed by atoms with E-state index in [1.54, 1.807) is 30.3 Å². The van der Waals surface area contributed by atoms with Crippen LogP contribution in [0.5, 0.6) is 0 Å². The maximum absolute atomic E-state index is 12.7. The molecule has 2 aromatic carbocycles. The summed E-state index contributed by atoms with van der Waals surface area (Å²) in [6, 6.07) is 16.5. The SMILES string of the molecule is CC1CCN(c2ccc(NC(=O)C3CCN(S(=O)(=O)c4ccccc4)CC3)cc2)C1. The Balaban J connectivity index is 1.31. The number of benzene rings is 2. The summed E-state index contributed by atoms with van der Waals surface area (Å²) in [5, 5.41) is 3.00. The summed E-state index contributed by atoms with van der Waals surface area (Å²) in [4.78, 5) is 15.4. The topological polar surface area (TPSA) is 69.7 Å². The standard InChI is InChI=1S/C23H29N3O3S/c1-18-11-14-25(17-18)21-9-7-20(8-10-21)24-23(27)19-12-15-26(16-13-19)30(28,29)22-5-3-2-4-6-22/h2-10,18-19H,11-17H2,1H3,(H,24,27). The van der Waals surface area contributed by atoms with Gasteiger partial charge in [-0.15, -0.1) is 0 Å². The van der Waals surface area contributed by atoms with Crippen LogP contribution in [-0.4, -0.2) is 44.8 Å². The maximum atomic E-state index is 12.7. The number of carbonyl (C=O) groups is 1. The van der Waals surface area contributed by atoms with E-state index < -0.39 is 10.0 Å². The second-order valence-electron chi connectivity index (χ2n) is 8.37. The average Bonchev–Trinajstić information content (AvgIpc) is 3.21. The molecule has 1 amide bonds. The molecular formula is C23H29N3O3S. The third-order valence-corrected chi connectivity index (χ3v) is 8.04. The molecule has 30 heavy (non-hydrogen) atoms. The van der Waals surface area contributed by atoms with Gasteiger partial charge in [0.25, 0.3) is 0 Å². The number of carbonyl (C=O) groups excluding carboxylic acids is 1. The van der Waals surface area contributed by atoms with Crippen molar-refractivity contribution in [1.82, 2.24) is 4.31 Å². The van der Waals surface area contributed by atoms with Crippen LogP contribution in [0.25, 0.3) is 0 Å².